The van der Waals surface area contributed by atoms with Crippen molar-refractivity contribution in [2.45, 2.75) is 57.7 Å². The number of piperazine rings is 1. The molecule has 3 fully saturated rings. The van der Waals surface area contributed by atoms with Crippen molar-refractivity contribution in [2.75, 3.05) is 44.2 Å². The maximum Gasteiger partial charge on any atom is 0.407 e. The van der Waals surface area contributed by atoms with Crippen LogP contribution in [-0.2, 0) is 16.1 Å². The summed E-state index contributed by atoms with van der Waals surface area (Å²) in [4.78, 5) is 45.9. The largest absolute Gasteiger partial charge is 0.478 e. The van der Waals surface area contributed by atoms with Gasteiger partial charge in [0, 0.05) is 63.6 Å². The van der Waals surface area contributed by atoms with Crippen LogP contribution in [0.25, 0.3) is 11.1 Å². The van der Waals surface area contributed by atoms with E-state index in [9.17, 15) is 19.5 Å². The first-order valence-electron chi connectivity index (χ1n) is 16.4. The highest BCUT2D eigenvalue weighted by Crippen LogP contribution is 2.34. The van der Waals surface area contributed by atoms with Gasteiger partial charge in [-0.2, -0.15) is 0 Å². The predicted molar refractivity (Wildman–Crippen MR) is 178 cm³/mol. The number of carbonyl (C=O) groups is 3. The van der Waals surface area contributed by atoms with Crippen LogP contribution in [0.5, 0.6) is 5.75 Å². The van der Waals surface area contributed by atoms with E-state index in [1.165, 1.54) is 16.0 Å². The molecular weight excluding hydrogens is 580 g/mol. The fourth-order valence-electron chi connectivity index (χ4n) is 6.61. The number of carbonyl (C=O) groups excluding carboxylic acids is 2. The molecule has 3 aromatic carbocycles. The number of nitrogens with zero attached hydrogens (tertiary/aromatic N) is 4. The van der Waals surface area contributed by atoms with E-state index in [1.807, 2.05) is 42.5 Å². The van der Waals surface area contributed by atoms with Gasteiger partial charge in [-0.3, -0.25) is 9.59 Å². The standard InChI is InChI=1S/C37H44N4O5/c1-37(2,35(43)38-20-22-39(23-21-38)36(44)45)46-33-12-6-11-32(24-33)40-19-7-10-30(26-40)34(42)41(31-17-18-31)25-27-13-15-29(16-14-27)28-8-4-3-5-9-28/h3-6,8-9,11-16,24,30-31H,7,10,17-23,25-26H2,1-2H3,(H,44,45). The molecule has 2 saturated heterocycles. The summed E-state index contributed by atoms with van der Waals surface area (Å²) in [6.07, 6.45) is 2.96. The van der Waals surface area contributed by atoms with E-state index in [0.717, 1.165) is 43.5 Å². The Morgan fingerprint density at radius 2 is 1.50 bits per heavy atom. The minimum Gasteiger partial charge on any atom is -0.478 e. The average Bonchev–Trinajstić information content (AvgIpc) is 3.93. The van der Waals surface area contributed by atoms with E-state index in [2.05, 4.69) is 46.2 Å². The van der Waals surface area contributed by atoms with Gasteiger partial charge in [0.2, 0.25) is 5.91 Å². The lowest BCUT2D eigenvalue weighted by Gasteiger charge is -2.38. The molecular formula is C37H44N4O5. The smallest absolute Gasteiger partial charge is 0.407 e. The van der Waals surface area contributed by atoms with E-state index < -0.39 is 11.7 Å². The Bertz CT molecular complexity index is 1530. The van der Waals surface area contributed by atoms with Crippen LogP contribution in [-0.4, -0.2) is 88.6 Å². The van der Waals surface area contributed by atoms with Crippen LogP contribution >= 0.6 is 0 Å². The molecule has 3 aliphatic rings. The zero-order valence-corrected chi connectivity index (χ0v) is 26.8. The molecule has 0 radical (unpaired) electrons. The van der Waals surface area contributed by atoms with Crippen molar-refractivity contribution in [3.63, 3.8) is 0 Å². The van der Waals surface area contributed by atoms with Crippen molar-refractivity contribution >= 4 is 23.6 Å². The Kier molecular flexibility index (Phi) is 9.20. The number of ether oxygens (including phenoxy) is 1. The predicted octanol–water partition coefficient (Wildman–Crippen LogP) is 5.74. The summed E-state index contributed by atoms with van der Waals surface area (Å²) in [6.45, 7) is 6.91. The number of carboxylic acid groups (broad SMARTS) is 1. The highest BCUT2D eigenvalue weighted by Gasteiger charge is 2.38. The molecule has 2 aliphatic heterocycles. The molecule has 9 heteroatoms. The maximum absolute atomic E-state index is 14.0. The van der Waals surface area contributed by atoms with Gasteiger partial charge in [-0.25, -0.2) is 4.79 Å². The number of hydrogen-bond acceptors (Lipinski definition) is 5. The van der Waals surface area contributed by atoms with Gasteiger partial charge in [0.25, 0.3) is 5.91 Å². The summed E-state index contributed by atoms with van der Waals surface area (Å²) in [5, 5.41) is 9.23. The number of hydrogen-bond donors (Lipinski definition) is 1. The molecule has 0 spiro atoms. The Balaban J connectivity index is 1.08. The van der Waals surface area contributed by atoms with Crippen LogP contribution < -0.4 is 9.64 Å². The van der Waals surface area contributed by atoms with Crippen molar-refractivity contribution in [3.8, 4) is 16.9 Å². The second-order valence-corrected chi connectivity index (χ2v) is 13.2. The number of piperidine rings is 1. The van der Waals surface area contributed by atoms with Crippen LogP contribution in [0.4, 0.5) is 10.5 Å². The monoisotopic (exact) mass is 624 g/mol. The van der Waals surface area contributed by atoms with Gasteiger partial charge in [-0.1, -0.05) is 60.7 Å². The van der Waals surface area contributed by atoms with E-state index in [0.29, 0.717) is 51.1 Å². The first-order chi connectivity index (χ1) is 22.2. The first-order valence-corrected chi connectivity index (χ1v) is 16.4. The summed E-state index contributed by atoms with van der Waals surface area (Å²) < 4.78 is 6.25. The van der Waals surface area contributed by atoms with E-state index in [1.54, 1.807) is 18.7 Å². The molecule has 0 bridgehead atoms. The SMILES string of the molecule is CC(C)(Oc1cccc(N2CCCC(C(=O)N(Cc3ccc(-c4ccccc4)cc3)C3CC3)C2)c1)C(=O)N1CCN(C(=O)O)CC1. The molecule has 242 valence electrons. The fraction of sp³-hybridized carbons (Fsp3) is 0.432. The van der Waals surface area contributed by atoms with Crippen LogP contribution in [0.3, 0.4) is 0 Å². The van der Waals surface area contributed by atoms with Gasteiger partial charge in [0.05, 0.1) is 5.92 Å². The van der Waals surface area contributed by atoms with Crippen molar-refractivity contribution in [1.82, 2.24) is 14.7 Å². The minimum absolute atomic E-state index is 0.0787. The van der Waals surface area contributed by atoms with Gasteiger partial charge >= 0.3 is 6.09 Å². The molecule has 46 heavy (non-hydrogen) atoms. The second kappa shape index (κ2) is 13.4. The Labute approximate surface area is 271 Å². The summed E-state index contributed by atoms with van der Waals surface area (Å²) in [7, 11) is 0. The Morgan fingerprint density at radius 3 is 2.17 bits per heavy atom. The summed E-state index contributed by atoms with van der Waals surface area (Å²) >= 11 is 0. The van der Waals surface area contributed by atoms with Gasteiger partial charge < -0.3 is 29.4 Å². The summed E-state index contributed by atoms with van der Waals surface area (Å²) in [5.74, 6) is 0.583. The average molecular weight is 625 g/mol. The lowest BCUT2D eigenvalue weighted by atomic mass is 9.95. The molecule has 3 amide bonds. The third kappa shape index (κ3) is 7.30. The molecule has 2 heterocycles. The third-order valence-electron chi connectivity index (χ3n) is 9.36. The normalized spacial score (nSPS) is 18.7. The molecule has 1 N–H and O–H groups in total. The molecule has 1 unspecified atom stereocenters. The van der Waals surface area contributed by atoms with Gasteiger partial charge in [-0.05, 0) is 68.4 Å². The number of anilines is 1. The zero-order chi connectivity index (χ0) is 32.3. The molecule has 1 saturated carbocycles. The number of rotatable bonds is 9. The molecule has 9 nitrogen and oxygen atoms in total. The van der Waals surface area contributed by atoms with E-state index in [-0.39, 0.29) is 17.7 Å². The van der Waals surface area contributed by atoms with Crippen molar-refractivity contribution in [3.05, 3.63) is 84.4 Å². The second-order valence-electron chi connectivity index (χ2n) is 13.2. The molecule has 6 rings (SSSR count). The summed E-state index contributed by atoms with van der Waals surface area (Å²) in [5.41, 5.74) is 3.37. The van der Waals surface area contributed by atoms with Gasteiger partial charge in [0.15, 0.2) is 5.60 Å². The number of benzene rings is 3. The topological polar surface area (TPSA) is 93.6 Å². The lowest BCUT2D eigenvalue weighted by Crippen LogP contribution is -2.56. The van der Waals surface area contributed by atoms with Crippen molar-refractivity contribution in [2.24, 2.45) is 5.92 Å². The highest BCUT2D eigenvalue weighted by atomic mass is 16.5. The zero-order valence-electron chi connectivity index (χ0n) is 26.8. The van der Waals surface area contributed by atoms with Gasteiger partial charge in [-0.15, -0.1) is 0 Å². The molecule has 1 atom stereocenters. The lowest BCUT2D eigenvalue weighted by molar-refractivity contribution is -0.147. The summed E-state index contributed by atoms with van der Waals surface area (Å²) in [6, 6.07) is 27.0. The Hall–Kier alpha value is -4.53. The van der Waals surface area contributed by atoms with E-state index >= 15 is 0 Å². The Morgan fingerprint density at radius 1 is 0.826 bits per heavy atom. The van der Waals surface area contributed by atoms with E-state index in [4.69, 9.17) is 4.74 Å². The van der Waals surface area contributed by atoms with Crippen LogP contribution in [0.15, 0.2) is 78.9 Å². The van der Waals surface area contributed by atoms with Crippen LogP contribution in [0.2, 0.25) is 0 Å². The molecule has 1 aliphatic carbocycles. The fourth-order valence-corrected chi connectivity index (χ4v) is 6.61. The maximum atomic E-state index is 14.0. The molecule has 0 aromatic heterocycles. The van der Waals surface area contributed by atoms with Crippen molar-refractivity contribution < 1.29 is 24.2 Å². The van der Waals surface area contributed by atoms with Crippen LogP contribution in [0, 0.1) is 5.92 Å². The van der Waals surface area contributed by atoms with Crippen molar-refractivity contribution in [1.29, 1.82) is 0 Å². The van der Waals surface area contributed by atoms with Crippen LogP contribution in [0.1, 0.15) is 45.1 Å². The van der Waals surface area contributed by atoms with Gasteiger partial charge in [0.1, 0.15) is 5.75 Å². The minimum atomic E-state index is -1.12. The molecule has 3 aromatic rings. The third-order valence-corrected chi connectivity index (χ3v) is 9.36. The quantitative estimate of drug-likeness (QED) is 0.327. The highest BCUT2D eigenvalue weighted by molar-refractivity contribution is 5.85. The number of amides is 3. The first kappa shape index (κ1) is 31.5.